The summed E-state index contributed by atoms with van der Waals surface area (Å²) in [6, 6.07) is 8.09. The lowest BCUT2D eigenvalue weighted by molar-refractivity contribution is 0.406. The van der Waals surface area contributed by atoms with Gasteiger partial charge in [-0.2, -0.15) is 0 Å². The number of rotatable bonds is 4. The van der Waals surface area contributed by atoms with Crippen LogP contribution in [0.1, 0.15) is 18.4 Å². The first-order valence-electron chi connectivity index (χ1n) is 5.74. The van der Waals surface area contributed by atoms with Gasteiger partial charge in [0.15, 0.2) is 5.96 Å². The summed E-state index contributed by atoms with van der Waals surface area (Å²) < 4.78 is 5.35. The molecule has 0 aromatic heterocycles. The summed E-state index contributed by atoms with van der Waals surface area (Å²) >= 11 is 0. The normalized spacial score (nSPS) is 13.1. The first-order chi connectivity index (χ1) is 8.22. The lowest BCUT2D eigenvalue weighted by Crippen LogP contribution is -2.36. The van der Waals surface area contributed by atoms with Gasteiger partial charge < -0.3 is 15.4 Å². The molecule has 0 saturated heterocycles. The van der Waals surface area contributed by atoms with Crippen molar-refractivity contribution in [2.45, 2.75) is 12.8 Å². The minimum absolute atomic E-state index is 0.358. The SMILES string of the molecule is CN=C(NC)NCC(C)c1ccccc1OC. The van der Waals surface area contributed by atoms with E-state index in [1.807, 2.05) is 25.2 Å². The molecule has 0 aliphatic rings. The largest absolute Gasteiger partial charge is 0.496 e. The van der Waals surface area contributed by atoms with Crippen molar-refractivity contribution in [2.24, 2.45) is 4.99 Å². The molecule has 0 aliphatic heterocycles. The molecular formula is C13H21N3O. The van der Waals surface area contributed by atoms with Crippen molar-refractivity contribution in [2.75, 3.05) is 27.7 Å². The number of para-hydroxylation sites is 1. The maximum Gasteiger partial charge on any atom is 0.190 e. The van der Waals surface area contributed by atoms with Crippen LogP contribution in [-0.2, 0) is 0 Å². The molecule has 1 aromatic carbocycles. The van der Waals surface area contributed by atoms with Gasteiger partial charge in [0.2, 0.25) is 0 Å². The maximum absolute atomic E-state index is 5.35. The first kappa shape index (κ1) is 13.4. The second kappa shape index (κ2) is 6.78. The Labute approximate surface area is 103 Å². The van der Waals surface area contributed by atoms with Crippen molar-refractivity contribution in [3.05, 3.63) is 29.8 Å². The average Bonchev–Trinajstić information content (AvgIpc) is 2.39. The Bertz CT molecular complexity index is 377. The minimum atomic E-state index is 0.358. The van der Waals surface area contributed by atoms with E-state index >= 15 is 0 Å². The number of nitrogens with zero attached hydrogens (tertiary/aromatic N) is 1. The Kier molecular flexibility index (Phi) is 5.33. The van der Waals surface area contributed by atoms with Crippen molar-refractivity contribution >= 4 is 5.96 Å². The molecule has 4 nitrogen and oxygen atoms in total. The highest BCUT2D eigenvalue weighted by molar-refractivity contribution is 5.79. The van der Waals surface area contributed by atoms with Crippen LogP contribution < -0.4 is 15.4 Å². The summed E-state index contributed by atoms with van der Waals surface area (Å²) in [6.45, 7) is 2.97. The Morgan fingerprint density at radius 1 is 1.41 bits per heavy atom. The second-order valence-electron chi connectivity index (χ2n) is 3.85. The van der Waals surface area contributed by atoms with Crippen LogP contribution in [0.4, 0.5) is 0 Å². The molecule has 94 valence electrons. The fourth-order valence-corrected chi connectivity index (χ4v) is 1.71. The molecule has 0 amide bonds. The summed E-state index contributed by atoms with van der Waals surface area (Å²) in [5, 5.41) is 6.25. The number of benzene rings is 1. The van der Waals surface area contributed by atoms with Gasteiger partial charge in [0.05, 0.1) is 7.11 Å². The Morgan fingerprint density at radius 2 is 2.12 bits per heavy atom. The van der Waals surface area contributed by atoms with Crippen LogP contribution >= 0.6 is 0 Å². The molecule has 1 atom stereocenters. The van der Waals surface area contributed by atoms with Gasteiger partial charge in [-0.15, -0.1) is 0 Å². The zero-order valence-corrected chi connectivity index (χ0v) is 10.9. The third-order valence-corrected chi connectivity index (χ3v) is 2.71. The van der Waals surface area contributed by atoms with Crippen molar-refractivity contribution in [3.63, 3.8) is 0 Å². The molecule has 0 aliphatic carbocycles. The number of methoxy groups -OCH3 is 1. The molecule has 1 aromatic rings. The van der Waals surface area contributed by atoms with Crippen molar-refractivity contribution in [1.29, 1.82) is 0 Å². The fourth-order valence-electron chi connectivity index (χ4n) is 1.71. The second-order valence-corrected chi connectivity index (χ2v) is 3.85. The van der Waals surface area contributed by atoms with Crippen molar-refractivity contribution < 1.29 is 4.74 Å². The van der Waals surface area contributed by atoms with E-state index < -0.39 is 0 Å². The lowest BCUT2D eigenvalue weighted by atomic mass is 10.0. The number of hydrogen-bond acceptors (Lipinski definition) is 2. The van der Waals surface area contributed by atoms with Gasteiger partial charge in [-0.1, -0.05) is 25.1 Å². The molecular weight excluding hydrogens is 214 g/mol. The van der Waals surface area contributed by atoms with Crippen molar-refractivity contribution in [3.8, 4) is 5.75 Å². The van der Waals surface area contributed by atoms with E-state index in [1.165, 1.54) is 5.56 Å². The monoisotopic (exact) mass is 235 g/mol. The van der Waals surface area contributed by atoms with E-state index in [4.69, 9.17) is 4.74 Å². The molecule has 1 rings (SSSR count). The summed E-state index contributed by atoms with van der Waals surface area (Å²) in [5.41, 5.74) is 1.20. The van der Waals surface area contributed by atoms with Gasteiger partial charge in [-0.3, -0.25) is 4.99 Å². The topological polar surface area (TPSA) is 45.7 Å². The maximum atomic E-state index is 5.35. The summed E-state index contributed by atoms with van der Waals surface area (Å²) in [4.78, 5) is 4.08. The number of aliphatic imine (C=N–C) groups is 1. The molecule has 1 unspecified atom stereocenters. The molecule has 4 heteroatoms. The molecule has 0 radical (unpaired) electrons. The Morgan fingerprint density at radius 3 is 2.71 bits per heavy atom. The van der Waals surface area contributed by atoms with E-state index in [2.05, 4.69) is 28.6 Å². The zero-order valence-electron chi connectivity index (χ0n) is 10.9. The summed E-state index contributed by atoms with van der Waals surface area (Å²) in [7, 11) is 5.31. The fraction of sp³-hybridized carbons (Fsp3) is 0.462. The van der Waals surface area contributed by atoms with E-state index in [0.29, 0.717) is 5.92 Å². The predicted molar refractivity (Wildman–Crippen MR) is 71.8 cm³/mol. The van der Waals surface area contributed by atoms with E-state index in [0.717, 1.165) is 18.3 Å². The van der Waals surface area contributed by atoms with Gasteiger partial charge in [-0.05, 0) is 11.6 Å². The van der Waals surface area contributed by atoms with E-state index in [-0.39, 0.29) is 0 Å². The van der Waals surface area contributed by atoms with Crippen LogP contribution in [0.15, 0.2) is 29.3 Å². The van der Waals surface area contributed by atoms with Crippen LogP contribution in [0.3, 0.4) is 0 Å². The van der Waals surface area contributed by atoms with Gasteiger partial charge in [0, 0.05) is 26.6 Å². The third kappa shape index (κ3) is 3.66. The molecule has 17 heavy (non-hydrogen) atoms. The van der Waals surface area contributed by atoms with Crippen molar-refractivity contribution in [1.82, 2.24) is 10.6 Å². The van der Waals surface area contributed by atoms with E-state index in [9.17, 15) is 0 Å². The molecule has 0 spiro atoms. The van der Waals surface area contributed by atoms with Gasteiger partial charge in [-0.25, -0.2) is 0 Å². The van der Waals surface area contributed by atoms with Crippen LogP contribution in [-0.4, -0.2) is 33.7 Å². The number of guanidine groups is 1. The average molecular weight is 235 g/mol. The number of nitrogens with one attached hydrogen (secondary N) is 2. The van der Waals surface area contributed by atoms with E-state index in [1.54, 1.807) is 14.2 Å². The van der Waals surface area contributed by atoms with Crippen LogP contribution in [0.25, 0.3) is 0 Å². The third-order valence-electron chi connectivity index (χ3n) is 2.71. The Hall–Kier alpha value is -1.71. The first-order valence-corrected chi connectivity index (χ1v) is 5.74. The van der Waals surface area contributed by atoms with Crippen LogP contribution in [0, 0.1) is 0 Å². The molecule has 2 N–H and O–H groups in total. The molecule has 0 fully saturated rings. The van der Waals surface area contributed by atoms with Crippen LogP contribution in [0.5, 0.6) is 5.75 Å². The smallest absolute Gasteiger partial charge is 0.190 e. The predicted octanol–water partition coefficient (Wildman–Crippen LogP) is 1.59. The number of hydrogen-bond donors (Lipinski definition) is 2. The van der Waals surface area contributed by atoms with Crippen LogP contribution in [0.2, 0.25) is 0 Å². The van der Waals surface area contributed by atoms with Gasteiger partial charge in [0.1, 0.15) is 5.75 Å². The quantitative estimate of drug-likeness (QED) is 0.615. The molecule has 0 saturated carbocycles. The molecule has 0 heterocycles. The summed E-state index contributed by atoms with van der Waals surface area (Å²) in [6.07, 6.45) is 0. The Balaban J connectivity index is 2.66. The zero-order chi connectivity index (χ0) is 12.7. The minimum Gasteiger partial charge on any atom is -0.496 e. The number of ether oxygens (including phenoxy) is 1. The lowest BCUT2D eigenvalue weighted by Gasteiger charge is -2.17. The standard InChI is InChI=1S/C13H21N3O/c1-10(9-16-13(14-2)15-3)11-7-5-6-8-12(11)17-4/h5-8,10H,9H2,1-4H3,(H2,14,15,16). The summed E-state index contributed by atoms with van der Waals surface area (Å²) in [5.74, 6) is 2.09. The van der Waals surface area contributed by atoms with Gasteiger partial charge >= 0.3 is 0 Å². The molecule has 0 bridgehead atoms. The highest BCUT2D eigenvalue weighted by Gasteiger charge is 2.10. The van der Waals surface area contributed by atoms with Gasteiger partial charge in [0.25, 0.3) is 0 Å². The highest BCUT2D eigenvalue weighted by atomic mass is 16.5. The highest BCUT2D eigenvalue weighted by Crippen LogP contribution is 2.25.